The lowest BCUT2D eigenvalue weighted by molar-refractivity contribution is 0.0640. The second-order valence-electron chi connectivity index (χ2n) is 5.93. The summed E-state index contributed by atoms with van der Waals surface area (Å²) < 4.78 is 7.29. The number of aryl methyl sites for hydroxylation is 1. The number of amides is 1. The maximum absolute atomic E-state index is 12.6. The molecule has 0 spiro atoms. The standard InChI is InChI=1S/C17H17N5O2/c1-12-19-20-16-10-21(17(23)15-8-18-11-24-15)9-14(22(12)16)7-13-5-3-2-4-6-13/h2-6,8,11,14H,7,9-10H2,1H3/t14-/m1/s1. The maximum atomic E-state index is 12.6. The van der Waals surface area contributed by atoms with Crippen LogP contribution in [0.4, 0.5) is 0 Å². The van der Waals surface area contributed by atoms with Crippen LogP contribution in [-0.4, -0.2) is 37.1 Å². The van der Waals surface area contributed by atoms with Crippen LogP contribution >= 0.6 is 0 Å². The highest BCUT2D eigenvalue weighted by molar-refractivity contribution is 5.91. The molecular formula is C17H17N5O2. The molecule has 0 N–H and O–H groups in total. The van der Waals surface area contributed by atoms with Gasteiger partial charge in [0.1, 0.15) is 5.82 Å². The van der Waals surface area contributed by atoms with Crippen LogP contribution in [0.2, 0.25) is 0 Å². The summed E-state index contributed by atoms with van der Waals surface area (Å²) in [5.74, 6) is 1.75. The monoisotopic (exact) mass is 323 g/mol. The topological polar surface area (TPSA) is 77.1 Å². The summed E-state index contributed by atoms with van der Waals surface area (Å²) in [7, 11) is 0. The van der Waals surface area contributed by atoms with Crippen molar-refractivity contribution in [2.45, 2.75) is 25.9 Å². The Morgan fingerprint density at radius 3 is 2.88 bits per heavy atom. The van der Waals surface area contributed by atoms with Crippen molar-refractivity contribution in [3.63, 3.8) is 0 Å². The van der Waals surface area contributed by atoms with Gasteiger partial charge in [0.05, 0.1) is 18.8 Å². The third-order valence-corrected chi connectivity index (χ3v) is 4.31. The molecule has 0 unspecified atom stereocenters. The smallest absolute Gasteiger partial charge is 0.291 e. The highest BCUT2D eigenvalue weighted by Gasteiger charge is 2.32. The van der Waals surface area contributed by atoms with Crippen LogP contribution in [0.5, 0.6) is 0 Å². The minimum atomic E-state index is -0.169. The summed E-state index contributed by atoms with van der Waals surface area (Å²) in [6.45, 7) is 2.95. The van der Waals surface area contributed by atoms with Crippen molar-refractivity contribution >= 4 is 5.91 Å². The number of benzene rings is 1. The molecule has 0 fully saturated rings. The van der Waals surface area contributed by atoms with E-state index in [0.29, 0.717) is 13.1 Å². The van der Waals surface area contributed by atoms with Crippen molar-refractivity contribution in [2.75, 3.05) is 6.54 Å². The zero-order valence-corrected chi connectivity index (χ0v) is 13.3. The fourth-order valence-corrected chi connectivity index (χ4v) is 3.24. The molecule has 0 aliphatic carbocycles. The molecule has 3 aromatic rings. The van der Waals surface area contributed by atoms with Crippen LogP contribution < -0.4 is 0 Å². The molecule has 1 aliphatic rings. The number of oxazole rings is 1. The molecule has 0 radical (unpaired) electrons. The third kappa shape index (κ3) is 2.58. The van der Waals surface area contributed by atoms with Gasteiger partial charge in [-0.05, 0) is 18.9 Å². The van der Waals surface area contributed by atoms with Gasteiger partial charge in [-0.3, -0.25) is 4.79 Å². The van der Waals surface area contributed by atoms with E-state index < -0.39 is 0 Å². The van der Waals surface area contributed by atoms with Crippen molar-refractivity contribution in [1.29, 1.82) is 0 Å². The number of nitrogens with zero attached hydrogens (tertiary/aromatic N) is 5. The SMILES string of the molecule is Cc1nnc2n1[C@H](Cc1ccccc1)CN(C(=O)c1cnco1)C2. The lowest BCUT2D eigenvalue weighted by Gasteiger charge is -2.33. The number of fused-ring (bicyclic) bond motifs is 1. The van der Waals surface area contributed by atoms with Gasteiger partial charge < -0.3 is 13.9 Å². The van der Waals surface area contributed by atoms with E-state index in [1.165, 1.54) is 18.2 Å². The predicted molar refractivity (Wildman–Crippen MR) is 85.2 cm³/mol. The predicted octanol–water partition coefficient (Wildman–Crippen LogP) is 2.01. The number of carbonyl (C=O) groups excluding carboxylic acids is 1. The summed E-state index contributed by atoms with van der Waals surface area (Å²) in [6.07, 6.45) is 3.53. The number of rotatable bonds is 3. The molecule has 4 rings (SSSR count). The highest BCUT2D eigenvalue weighted by Crippen LogP contribution is 2.26. The van der Waals surface area contributed by atoms with Crippen LogP contribution in [0.15, 0.2) is 47.3 Å². The Bertz CT molecular complexity index is 841. The molecular weight excluding hydrogens is 306 g/mol. The molecule has 0 bridgehead atoms. The number of aromatic nitrogens is 4. The van der Waals surface area contributed by atoms with Crippen molar-refractivity contribution in [3.8, 4) is 0 Å². The first-order chi connectivity index (χ1) is 11.7. The number of carbonyl (C=O) groups is 1. The molecule has 0 saturated carbocycles. The molecule has 3 heterocycles. The average molecular weight is 323 g/mol. The van der Waals surface area contributed by atoms with E-state index in [0.717, 1.165) is 18.1 Å². The van der Waals surface area contributed by atoms with Crippen molar-refractivity contribution in [3.05, 3.63) is 65.9 Å². The molecule has 1 atom stereocenters. The zero-order valence-electron chi connectivity index (χ0n) is 13.3. The van der Waals surface area contributed by atoms with Gasteiger partial charge in [0.2, 0.25) is 5.76 Å². The van der Waals surface area contributed by atoms with Crippen molar-refractivity contribution in [1.82, 2.24) is 24.6 Å². The van der Waals surface area contributed by atoms with Gasteiger partial charge in [-0.15, -0.1) is 10.2 Å². The Balaban J connectivity index is 1.64. The Kier molecular flexibility index (Phi) is 3.60. The fraction of sp³-hybridized carbons (Fsp3) is 0.294. The van der Waals surface area contributed by atoms with Crippen LogP contribution in [0, 0.1) is 6.92 Å². The van der Waals surface area contributed by atoms with E-state index in [-0.39, 0.29) is 17.7 Å². The first kappa shape index (κ1) is 14.6. The van der Waals surface area contributed by atoms with E-state index >= 15 is 0 Å². The minimum absolute atomic E-state index is 0.0954. The zero-order chi connectivity index (χ0) is 16.5. The van der Waals surface area contributed by atoms with Gasteiger partial charge in [-0.1, -0.05) is 30.3 Å². The van der Waals surface area contributed by atoms with Crippen molar-refractivity contribution in [2.24, 2.45) is 0 Å². The normalized spacial score (nSPS) is 16.9. The largest absolute Gasteiger partial charge is 0.438 e. The Labute approximate surface area is 138 Å². The third-order valence-electron chi connectivity index (χ3n) is 4.31. The van der Waals surface area contributed by atoms with E-state index in [9.17, 15) is 4.79 Å². The fourth-order valence-electron chi connectivity index (χ4n) is 3.24. The van der Waals surface area contributed by atoms with Gasteiger partial charge >= 0.3 is 0 Å². The molecule has 122 valence electrons. The molecule has 1 aliphatic heterocycles. The second kappa shape index (κ2) is 5.92. The first-order valence-corrected chi connectivity index (χ1v) is 7.84. The van der Waals surface area contributed by atoms with Crippen LogP contribution in [0.25, 0.3) is 0 Å². The van der Waals surface area contributed by atoms with E-state index in [1.54, 1.807) is 4.90 Å². The summed E-state index contributed by atoms with van der Waals surface area (Å²) in [5, 5.41) is 8.42. The van der Waals surface area contributed by atoms with E-state index in [2.05, 4.69) is 31.9 Å². The molecule has 0 saturated heterocycles. The van der Waals surface area contributed by atoms with Gasteiger partial charge in [-0.2, -0.15) is 0 Å². The van der Waals surface area contributed by atoms with Gasteiger partial charge in [0.15, 0.2) is 12.2 Å². The van der Waals surface area contributed by atoms with Gasteiger partial charge in [-0.25, -0.2) is 4.98 Å². The summed E-state index contributed by atoms with van der Waals surface area (Å²) in [4.78, 5) is 18.2. The Morgan fingerprint density at radius 2 is 2.12 bits per heavy atom. The lowest BCUT2D eigenvalue weighted by atomic mass is 10.0. The quantitative estimate of drug-likeness (QED) is 0.737. The summed E-state index contributed by atoms with van der Waals surface area (Å²) in [6, 6.07) is 10.3. The molecule has 24 heavy (non-hydrogen) atoms. The first-order valence-electron chi connectivity index (χ1n) is 7.84. The van der Waals surface area contributed by atoms with Gasteiger partial charge in [0.25, 0.3) is 5.91 Å². The minimum Gasteiger partial charge on any atom is -0.438 e. The average Bonchev–Trinajstić information content (AvgIpc) is 3.25. The van der Waals surface area contributed by atoms with Crippen LogP contribution in [-0.2, 0) is 13.0 Å². The number of hydrogen-bond acceptors (Lipinski definition) is 5. The van der Waals surface area contributed by atoms with Crippen LogP contribution in [0.3, 0.4) is 0 Å². The molecule has 1 aromatic carbocycles. The Morgan fingerprint density at radius 1 is 1.29 bits per heavy atom. The maximum Gasteiger partial charge on any atom is 0.291 e. The van der Waals surface area contributed by atoms with E-state index in [4.69, 9.17) is 4.42 Å². The number of hydrogen-bond donors (Lipinski definition) is 0. The van der Waals surface area contributed by atoms with Crippen molar-refractivity contribution < 1.29 is 9.21 Å². The summed E-state index contributed by atoms with van der Waals surface area (Å²) in [5.41, 5.74) is 1.22. The Hall–Kier alpha value is -2.96. The van der Waals surface area contributed by atoms with Crippen LogP contribution in [0.1, 0.15) is 33.8 Å². The van der Waals surface area contributed by atoms with E-state index in [1.807, 2.05) is 25.1 Å². The van der Waals surface area contributed by atoms with Gasteiger partial charge in [0, 0.05) is 6.54 Å². The molecule has 7 nitrogen and oxygen atoms in total. The molecule has 2 aromatic heterocycles. The highest BCUT2D eigenvalue weighted by atomic mass is 16.3. The second-order valence-corrected chi connectivity index (χ2v) is 5.93. The summed E-state index contributed by atoms with van der Waals surface area (Å²) >= 11 is 0. The lowest BCUT2D eigenvalue weighted by Crippen LogP contribution is -2.42. The molecule has 1 amide bonds. The molecule has 7 heteroatoms.